The van der Waals surface area contributed by atoms with Gasteiger partial charge in [-0.15, -0.1) is 11.3 Å². The molecule has 0 amide bonds. The fourth-order valence-corrected chi connectivity index (χ4v) is 3.67. The summed E-state index contributed by atoms with van der Waals surface area (Å²) in [4.78, 5) is 8.95. The molecule has 0 aromatic carbocycles. The minimum atomic E-state index is -2.95. The van der Waals surface area contributed by atoms with Crippen LogP contribution >= 0.6 is 11.3 Å². The minimum Gasteiger partial charge on any atom is -0.379 e. The van der Waals surface area contributed by atoms with Gasteiger partial charge in [0.15, 0.2) is 5.96 Å². The summed E-state index contributed by atoms with van der Waals surface area (Å²) in [6.07, 6.45) is 1.21. The molecule has 7 nitrogen and oxygen atoms in total. The van der Waals surface area contributed by atoms with E-state index < -0.39 is 9.84 Å². The first-order valence-corrected chi connectivity index (χ1v) is 10.9. The van der Waals surface area contributed by atoms with Crippen LogP contribution < -0.4 is 10.2 Å². The Morgan fingerprint density at radius 3 is 2.67 bits per heavy atom. The maximum absolute atomic E-state index is 11.0. The van der Waals surface area contributed by atoms with Crippen molar-refractivity contribution in [3.63, 3.8) is 0 Å². The zero-order valence-corrected chi connectivity index (χ0v) is 15.9. The van der Waals surface area contributed by atoms with E-state index in [4.69, 9.17) is 4.74 Å². The zero-order chi connectivity index (χ0) is 17.4. The smallest absolute Gasteiger partial charge is 0.193 e. The highest BCUT2D eigenvalue weighted by Crippen LogP contribution is 2.22. The van der Waals surface area contributed by atoms with Crippen LogP contribution in [0.15, 0.2) is 22.5 Å². The molecule has 0 aliphatic carbocycles. The van der Waals surface area contributed by atoms with Crippen molar-refractivity contribution in [3.05, 3.63) is 17.5 Å². The van der Waals surface area contributed by atoms with E-state index in [9.17, 15) is 8.42 Å². The third-order valence-corrected chi connectivity index (χ3v) is 5.57. The average molecular weight is 375 g/mol. The Morgan fingerprint density at radius 1 is 1.33 bits per heavy atom. The van der Waals surface area contributed by atoms with E-state index in [2.05, 4.69) is 37.6 Å². The van der Waals surface area contributed by atoms with Crippen molar-refractivity contribution in [3.8, 4) is 0 Å². The lowest BCUT2D eigenvalue weighted by Crippen LogP contribution is -2.52. The monoisotopic (exact) mass is 374 g/mol. The van der Waals surface area contributed by atoms with Gasteiger partial charge in [-0.05, 0) is 17.5 Å². The van der Waals surface area contributed by atoms with Gasteiger partial charge in [0.05, 0.1) is 24.0 Å². The maximum atomic E-state index is 11.0. The molecule has 1 aromatic rings. The van der Waals surface area contributed by atoms with Gasteiger partial charge in [0.2, 0.25) is 0 Å². The molecule has 1 aliphatic heterocycles. The molecule has 24 heavy (non-hydrogen) atoms. The Balaban J connectivity index is 1.66. The van der Waals surface area contributed by atoms with Crippen molar-refractivity contribution in [1.29, 1.82) is 0 Å². The number of hydrogen-bond acceptors (Lipinski definition) is 6. The summed E-state index contributed by atoms with van der Waals surface area (Å²) < 4.78 is 27.4. The normalized spacial score (nSPS) is 16.5. The standard InChI is InChI=1S/C15H26N4O3S2/c1-16-15(17-5-10-22-11-13-24(2,20)21)19-8-6-18(7-9-19)14-4-3-12-23-14/h3-4,12H,5-11,13H2,1-2H3,(H,16,17). The lowest BCUT2D eigenvalue weighted by molar-refractivity contribution is 0.153. The van der Waals surface area contributed by atoms with Crippen molar-refractivity contribution < 1.29 is 13.2 Å². The number of piperazine rings is 1. The number of rotatable bonds is 7. The summed E-state index contributed by atoms with van der Waals surface area (Å²) in [6, 6.07) is 4.23. The van der Waals surface area contributed by atoms with Crippen molar-refractivity contribution in [2.24, 2.45) is 4.99 Å². The van der Waals surface area contributed by atoms with Gasteiger partial charge in [-0.3, -0.25) is 4.99 Å². The Labute approximate surface area is 148 Å². The molecular weight excluding hydrogens is 348 g/mol. The minimum absolute atomic E-state index is 0.0619. The van der Waals surface area contributed by atoms with Crippen molar-refractivity contribution in [2.45, 2.75) is 0 Å². The molecule has 1 saturated heterocycles. The van der Waals surface area contributed by atoms with E-state index in [1.165, 1.54) is 11.3 Å². The summed E-state index contributed by atoms with van der Waals surface area (Å²) in [5.41, 5.74) is 0. The van der Waals surface area contributed by atoms with Gasteiger partial charge in [-0.2, -0.15) is 0 Å². The van der Waals surface area contributed by atoms with Gasteiger partial charge in [0.25, 0.3) is 0 Å². The van der Waals surface area contributed by atoms with Crippen LogP contribution in [0.4, 0.5) is 5.00 Å². The van der Waals surface area contributed by atoms with E-state index in [0.717, 1.165) is 32.1 Å². The van der Waals surface area contributed by atoms with Crippen LogP contribution in [0, 0.1) is 0 Å². The fraction of sp³-hybridized carbons (Fsp3) is 0.667. The molecule has 1 fully saturated rings. The number of nitrogens with one attached hydrogen (secondary N) is 1. The van der Waals surface area contributed by atoms with Crippen LogP contribution in [0.1, 0.15) is 0 Å². The molecule has 1 N–H and O–H groups in total. The van der Waals surface area contributed by atoms with Gasteiger partial charge in [-0.25, -0.2) is 8.42 Å². The average Bonchev–Trinajstić information content (AvgIpc) is 3.08. The molecule has 0 radical (unpaired) electrons. The van der Waals surface area contributed by atoms with E-state index in [-0.39, 0.29) is 12.4 Å². The van der Waals surface area contributed by atoms with Crippen molar-refractivity contribution >= 4 is 32.1 Å². The van der Waals surface area contributed by atoms with E-state index in [1.54, 1.807) is 18.4 Å². The number of guanidine groups is 1. The number of ether oxygens (including phenoxy) is 1. The van der Waals surface area contributed by atoms with Crippen molar-refractivity contribution in [1.82, 2.24) is 10.2 Å². The molecular formula is C15H26N4O3S2. The molecule has 2 rings (SSSR count). The van der Waals surface area contributed by atoms with Crippen LogP contribution in [0.2, 0.25) is 0 Å². The molecule has 9 heteroatoms. The highest BCUT2D eigenvalue weighted by atomic mass is 32.2. The highest BCUT2D eigenvalue weighted by molar-refractivity contribution is 7.90. The van der Waals surface area contributed by atoms with E-state index in [0.29, 0.717) is 13.2 Å². The Kier molecular flexibility index (Phi) is 7.32. The maximum Gasteiger partial charge on any atom is 0.193 e. The van der Waals surface area contributed by atoms with E-state index >= 15 is 0 Å². The molecule has 0 atom stereocenters. The predicted molar refractivity (Wildman–Crippen MR) is 100.0 cm³/mol. The van der Waals surface area contributed by atoms with Crippen LogP contribution in [-0.4, -0.2) is 84.3 Å². The first kappa shape index (κ1) is 19.0. The SMILES string of the molecule is CN=C(NCCOCCS(C)(=O)=O)N1CCN(c2cccs2)CC1. The number of thiophene rings is 1. The van der Waals surface area contributed by atoms with Crippen LogP contribution in [0.5, 0.6) is 0 Å². The molecule has 0 saturated carbocycles. The van der Waals surface area contributed by atoms with Gasteiger partial charge in [-0.1, -0.05) is 0 Å². The summed E-state index contributed by atoms with van der Waals surface area (Å²) in [7, 11) is -1.18. The van der Waals surface area contributed by atoms with Gasteiger partial charge >= 0.3 is 0 Å². The van der Waals surface area contributed by atoms with Crippen molar-refractivity contribution in [2.75, 3.05) is 69.9 Å². The zero-order valence-electron chi connectivity index (χ0n) is 14.3. The molecule has 1 aromatic heterocycles. The van der Waals surface area contributed by atoms with E-state index in [1.807, 2.05) is 0 Å². The lowest BCUT2D eigenvalue weighted by Gasteiger charge is -2.37. The lowest BCUT2D eigenvalue weighted by atomic mass is 10.3. The third kappa shape index (κ3) is 6.29. The number of nitrogens with zero attached hydrogens (tertiary/aromatic N) is 3. The fourth-order valence-electron chi connectivity index (χ4n) is 2.47. The summed E-state index contributed by atoms with van der Waals surface area (Å²) in [5, 5.41) is 6.69. The van der Waals surface area contributed by atoms with Crippen LogP contribution in [0.25, 0.3) is 0 Å². The second kappa shape index (κ2) is 9.24. The highest BCUT2D eigenvalue weighted by Gasteiger charge is 2.20. The second-order valence-electron chi connectivity index (χ2n) is 5.64. The first-order valence-electron chi connectivity index (χ1n) is 7.99. The molecule has 136 valence electrons. The topological polar surface area (TPSA) is 74.2 Å². The number of sulfone groups is 1. The molecule has 0 bridgehead atoms. The Hall–Kier alpha value is -1.32. The summed E-state index contributed by atoms with van der Waals surface area (Å²) in [6.45, 7) is 5.11. The summed E-state index contributed by atoms with van der Waals surface area (Å²) >= 11 is 1.77. The Morgan fingerprint density at radius 2 is 2.08 bits per heavy atom. The molecule has 0 spiro atoms. The van der Waals surface area contributed by atoms with Gasteiger partial charge in [0.1, 0.15) is 9.84 Å². The van der Waals surface area contributed by atoms with Gasteiger partial charge < -0.3 is 19.9 Å². The number of hydrogen-bond donors (Lipinski definition) is 1. The van der Waals surface area contributed by atoms with Crippen LogP contribution in [-0.2, 0) is 14.6 Å². The largest absolute Gasteiger partial charge is 0.379 e. The van der Waals surface area contributed by atoms with Crippen LogP contribution in [0.3, 0.4) is 0 Å². The molecule has 2 heterocycles. The summed E-state index contributed by atoms with van der Waals surface area (Å²) in [5.74, 6) is 0.930. The molecule has 1 aliphatic rings. The number of aliphatic imine (C=N–C) groups is 1. The quantitative estimate of drug-likeness (QED) is 0.426. The predicted octanol–water partition coefficient (Wildman–Crippen LogP) is 0.507. The second-order valence-corrected chi connectivity index (χ2v) is 8.83. The number of anilines is 1. The molecule has 0 unspecified atom stereocenters. The first-order chi connectivity index (χ1) is 11.5. The Bertz CT molecular complexity index is 609. The third-order valence-electron chi connectivity index (χ3n) is 3.74. The van der Waals surface area contributed by atoms with Gasteiger partial charge in [0, 0.05) is 46.0 Å².